The summed E-state index contributed by atoms with van der Waals surface area (Å²) in [5, 5.41) is 2.95. The standard InChI is InChI=1S/C24H28N4O3/c1-2-27-20-10-6-7-11-21(20)28(24(27)31)17-14-22(29)26-15-12-18(13-16-26)23(30)25-19-8-4-3-5-9-19/h3-11,18H,2,12-17H2,1H3,(H,25,30). The molecule has 0 aliphatic carbocycles. The Bertz CT molecular complexity index is 1120. The smallest absolute Gasteiger partial charge is 0.329 e. The van der Waals surface area contributed by atoms with Crippen LogP contribution in [0.15, 0.2) is 59.4 Å². The van der Waals surface area contributed by atoms with Crippen LogP contribution in [0, 0.1) is 5.92 Å². The average molecular weight is 421 g/mol. The van der Waals surface area contributed by atoms with E-state index in [1.165, 1.54) is 0 Å². The predicted molar refractivity (Wildman–Crippen MR) is 121 cm³/mol. The third-order valence-corrected chi connectivity index (χ3v) is 6.05. The number of aromatic nitrogens is 2. The van der Waals surface area contributed by atoms with Gasteiger partial charge in [0, 0.05) is 44.2 Å². The van der Waals surface area contributed by atoms with Gasteiger partial charge in [0.1, 0.15) is 0 Å². The molecule has 4 rings (SSSR count). The molecule has 1 saturated heterocycles. The Hall–Kier alpha value is -3.35. The Labute approximate surface area is 181 Å². The molecule has 162 valence electrons. The average Bonchev–Trinajstić information content (AvgIpc) is 3.08. The number of nitrogens with zero attached hydrogens (tertiary/aromatic N) is 3. The first kappa shape index (κ1) is 20.9. The topological polar surface area (TPSA) is 76.3 Å². The quantitative estimate of drug-likeness (QED) is 0.666. The van der Waals surface area contributed by atoms with Crippen LogP contribution in [-0.4, -0.2) is 38.9 Å². The van der Waals surface area contributed by atoms with Crippen molar-refractivity contribution in [3.63, 3.8) is 0 Å². The van der Waals surface area contributed by atoms with Crippen molar-refractivity contribution in [1.82, 2.24) is 14.0 Å². The summed E-state index contributed by atoms with van der Waals surface area (Å²) in [5.41, 5.74) is 2.47. The maximum atomic E-state index is 12.8. The number of nitrogens with one attached hydrogen (secondary N) is 1. The Kier molecular flexibility index (Phi) is 6.21. The number of hydrogen-bond acceptors (Lipinski definition) is 3. The van der Waals surface area contributed by atoms with Gasteiger partial charge >= 0.3 is 5.69 Å². The van der Waals surface area contributed by atoms with Gasteiger partial charge < -0.3 is 10.2 Å². The molecular weight excluding hydrogens is 392 g/mol. The van der Waals surface area contributed by atoms with Gasteiger partial charge in [0.25, 0.3) is 0 Å². The summed E-state index contributed by atoms with van der Waals surface area (Å²) in [6, 6.07) is 17.1. The van der Waals surface area contributed by atoms with Crippen molar-refractivity contribution in [2.24, 2.45) is 5.92 Å². The third-order valence-electron chi connectivity index (χ3n) is 6.05. The molecule has 0 spiro atoms. The number of fused-ring (bicyclic) bond motifs is 1. The molecule has 1 aliphatic heterocycles. The summed E-state index contributed by atoms with van der Waals surface area (Å²) in [7, 11) is 0. The molecule has 31 heavy (non-hydrogen) atoms. The second-order valence-electron chi connectivity index (χ2n) is 7.93. The number of para-hydroxylation sites is 3. The number of hydrogen-bond donors (Lipinski definition) is 1. The normalized spacial score (nSPS) is 14.7. The molecule has 2 aromatic carbocycles. The molecule has 1 N–H and O–H groups in total. The zero-order valence-corrected chi connectivity index (χ0v) is 17.8. The molecule has 0 bridgehead atoms. The number of rotatable bonds is 6. The van der Waals surface area contributed by atoms with E-state index >= 15 is 0 Å². The van der Waals surface area contributed by atoms with Gasteiger partial charge in [-0.05, 0) is 44.0 Å². The van der Waals surface area contributed by atoms with Crippen molar-refractivity contribution in [1.29, 1.82) is 0 Å². The third kappa shape index (κ3) is 4.40. The minimum Gasteiger partial charge on any atom is -0.343 e. The van der Waals surface area contributed by atoms with E-state index in [1.807, 2.05) is 66.4 Å². The number of benzene rings is 2. The Morgan fingerprint density at radius 3 is 2.19 bits per heavy atom. The van der Waals surface area contributed by atoms with E-state index in [0.29, 0.717) is 39.0 Å². The van der Waals surface area contributed by atoms with E-state index in [-0.39, 0.29) is 29.8 Å². The minimum absolute atomic E-state index is 0.0113. The molecule has 1 aromatic heterocycles. The van der Waals surface area contributed by atoms with Crippen molar-refractivity contribution in [2.75, 3.05) is 18.4 Å². The highest BCUT2D eigenvalue weighted by molar-refractivity contribution is 5.92. The maximum Gasteiger partial charge on any atom is 0.329 e. The van der Waals surface area contributed by atoms with E-state index in [9.17, 15) is 14.4 Å². The first-order valence-corrected chi connectivity index (χ1v) is 10.9. The first-order chi connectivity index (χ1) is 15.1. The minimum atomic E-state index is -0.0885. The maximum absolute atomic E-state index is 12.8. The molecular formula is C24H28N4O3. The molecule has 7 nitrogen and oxygen atoms in total. The van der Waals surface area contributed by atoms with Gasteiger partial charge in [0.2, 0.25) is 11.8 Å². The van der Waals surface area contributed by atoms with Crippen LogP contribution in [0.3, 0.4) is 0 Å². The summed E-state index contributed by atoms with van der Waals surface area (Å²) in [5.74, 6) is -0.0474. The summed E-state index contributed by atoms with van der Waals surface area (Å²) < 4.78 is 3.42. The molecule has 0 saturated carbocycles. The summed E-state index contributed by atoms with van der Waals surface area (Å²) in [6.07, 6.45) is 1.58. The van der Waals surface area contributed by atoms with Crippen molar-refractivity contribution < 1.29 is 9.59 Å². The van der Waals surface area contributed by atoms with Gasteiger partial charge in [-0.3, -0.25) is 18.7 Å². The number of piperidine rings is 1. The lowest BCUT2D eigenvalue weighted by molar-refractivity contribution is -0.134. The molecule has 0 atom stereocenters. The van der Waals surface area contributed by atoms with Crippen LogP contribution in [0.5, 0.6) is 0 Å². The van der Waals surface area contributed by atoms with Crippen molar-refractivity contribution in [3.8, 4) is 0 Å². The fraction of sp³-hybridized carbons (Fsp3) is 0.375. The molecule has 7 heteroatoms. The zero-order valence-electron chi connectivity index (χ0n) is 17.8. The van der Waals surface area contributed by atoms with Gasteiger partial charge in [0.05, 0.1) is 11.0 Å². The van der Waals surface area contributed by atoms with Crippen LogP contribution < -0.4 is 11.0 Å². The van der Waals surface area contributed by atoms with Crippen LogP contribution in [0.2, 0.25) is 0 Å². The fourth-order valence-corrected chi connectivity index (χ4v) is 4.32. The number of likely N-dealkylation sites (tertiary alicyclic amines) is 1. The lowest BCUT2D eigenvalue weighted by atomic mass is 9.95. The number of imidazole rings is 1. The largest absolute Gasteiger partial charge is 0.343 e. The van der Waals surface area contributed by atoms with Crippen LogP contribution in [-0.2, 0) is 22.7 Å². The number of carbonyl (C=O) groups is 2. The molecule has 0 radical (unpaired) electrons. The number of aryl methyl sites for hydroxylation is 2. The van der Waals surface area contributed by atoms with Crippen LogP contribution in [0.4, 0.5) is 5.69 Å². The molecule has 2 heterocycles. The highest BCUT2D eigenvalue weighted by Gasteiger charge is 2.27. The highest BCUT2D eigenvalue weighted by atomic mass is 16.2. The Morgan fingerprint density at radius 2 is 1.55 bits per heavy atom. The van der Waals surface area contributed by atoms with E-state index in [4.69, 9.17) is 0 Å². The van der Waals surface area contributed by atoms with Crippen LogP contribution in [0.1, 0.15) is 26.2 Å². The van der Waals surface area contributed by atoms with Crippen LogP contribution in [0.25, 0.3) is 11.0 Å². The lowest BCUT2D eigenvalue weighted by Crippen LogP contribution is -2.42. The highest BCUT2D eigenvalue weighted by Crippen LogP contribution is 2.20. The summed E-state index contributed by atoms with van der Waals surface area (Å²) >= 11 is 0. The number of amides is 2. The fourth-order valence-electron chi connectivity index (χ4n) is 4.32. The van der Waals surface area contributed by atoms with E-state index < -0.39 is 0 Å². The van der Waals surface area contributed by atoms with Crippen molar-refractivity contribution in [3.05, 3.63) is 65.1 Å². The molecule has 3 aromatic rings. The van der Waals surface area contributed by atoms with E-state index in [0.717, 1.165) is 16.7 Å². The molecule has 1 aliphatic rings. The van der Waals surface area contributed by atoms with E-state index in [2.05, 4.69) is 5.32 Å². The van der Waals surface area contributed by atoms with Gasteiger partial charge in [-0.1, -0.05) is 30.3 Å². The summed E-state index contributed by atoms with van der Waals surface area (Å²) in [4.78, 5) is 39.8. The summed E-state index contributed by atoms with van der Waals surface area (Å²) in [6.45, 7) is 4.04. The Morgan fingerprint density at radius 1 is 0.935 bits per heavy atom. The second-order valence-corrected chi connectivity index (χ2v) is 7.93. The SMILES string of the molecule is CCn1c(=O)n(CCC(=O)N2CCC(C(=O)Nc3ccccc3)CC2)c2ccccc21. The number of carbonyl (C=O) groups excluding carboxylic acids is 2. The molecule has 0 unspecified atom stereocenters. The monoisotopic (exact) mass is 420 g/mol. The molecule has 2 amide bonds. The number of anilines is 1. The zero-order chi connectivity index (χ0) is 21.8. The van der Waals surface area contributed by atoms with Gasteiger partial charge in [-0.2, -0.15) is 0 Å². The van der Waals surface area contributed by atoms with Crippen molar-refractivity contribution in [2.45, 2.75) is 39.3 Å². The predicted octanol–water partition coefficient (Wildman–Crippen LogP) is 3.09. The second kappa shape index (κ2) is 9.20. The molecule has 1 fully saturated rings. The van der Waals surface area contributed by atoms with E-state index in [1.54, 1.807) is 9.13 Å². The van der Waals surface area contributed by atoms with Crippen LogP contribution >= 0.6 is 0 Å². The van der Waals surface area contributed by atoms with Gasteiger partial charge in [-0.25, -0.2) is 4.79 Å². The Balaban J connectivity index is 1.33. The first-order valence-electron chi connectivity index (χ1n) is 10.9. The lowest BCUT2D eigenvalue weighted by Gasteiger charge is -2.31. The van der Waals surface area contributed by atoms with Gasteiger partial charge in [-0.15, -0.1) is 0 Å². The van der Waals surface area contributed by atoms with Crippen molar-refractivity contribution >= 4 is 28.5 Å². The van der Waals surface area contributed by atoms with Gasteiger partial charge in [0.15, 0.2) is 0 Å².